The number of aryl methyl sites for hydroxylation is 2. The highest BCUT2D eigenvalue weighted by atomic mass is 32.1. The quantitative estimate of drug-likeness (QED) is 0.451. The van der Waals surface area contributed by atoms with Gasteiger partial charge in [0.15, 0.2) is 5.96 Å². The van der Waals surface area contributed by atoms with Gasteiger partial charge in [0.2, 0.25) is 0 Å². The molecule has 0 unspecified atom stereocenters. The van der Waals surface area contributed by atoms with Crippen molar-refractivity contribution >= 4 is 17.3 Å². The third-order valence-corrected chi connectivity index (χ3v) is 3.80. The first-order valence-corrected chi connectivity index (χ1v) is 7.41. The lowest BCUT2D eigenvalue weighted by molar-refractivity contribution is 0.203. The molecule has 0 aliphatic rings. The molecule has 0 radical (unpaired) electrons. The summed E-state index contributed by atoms with van der Waals surface area (Å²) in [5.74, 6) is 0.807. The standard InChI is InChI=1S/C13H24N4OS/c1-5-11-10(2)19-12(17-11)6-7-15-13(14-3)16-8-9-18-4/h5-9H2,1-4H3,(H2,14,15,16). The number of hydrogen-bond donors (Lipinski definition) is 2. The molecule has 0 aliphatic carbocycles. The van der Waals surface area contributed by atoms with Crippen molar-refractivity contribution in [1.29, 1.82) is 0 Å². The second-order valence-corrected chi connectivity index (χ2v) is 5.42. The molecule has 0 atom stereocenters. The summed E-state index contributed by atoms with van der Waals surface area (Å²) in [6.45, 7) is 6.55. The van der Waals surface area contributed by atoms with E-state index in [1.807, 2.05) is 0 Å². The molecule has 1 aromatic heterocycles. The average molecular weight is 284 g/mol. The van der Waals surface area contributed by atoms with Gasteiger partial charge in [0, 0.05) is 38.5 Å². The first-order chi connectivity index (χ1) is 9.21. The van der Waals surface area contributed by atoms with Crippen LogP contribution >= 0.6 is 11.3 Å². The van der Waals surface area contributed by atoms with Crippen molar-refractivity contribution in [1.82, 2.24) is 15.6 Å². The zero-order valence-corrected chi connectivity index (χ0v) is 13.1. The summed E-state index contributed by atoms with van der Waals surface area (Å²) in [7, 11) is 3.46. The van der Waals surface area contributed by atoms with E-state index in [4.69, 9.17) is 4.74 Å². The number of aliphatic imine (C=N–C) groups is 1. The van der Waals surface area contributed by atoms with E-state index in [-0.39, 0.29) is 0 Å². The van der Waals surface area contributed by atoms with Crippen molar-refractivity contribution in [3.63, 3.8) is 0 Å². The number of rotatable bonds is 7. The second-order valence-electron chi connectivity index (χ2n) is 4.13. The van der Waals surface area contributed by atoms with Gasteiger partial charge in [0.1, 0.15) is 0 Å². The molecule has 108 valence electrons. The lowest BCUT2D eigenvalue weighted by Gasteiger charge is -2.10. The van der Waals surface area contributed by atoms with E-state index in [0.717, 1.165) is 31.9 Å². The zero-order valence-electron chi connectivity index (χ0n) is 12.2. The lowest BCUT2D eigenvalue weighted by Crippen LogP contribution is -2.39. The molecule has 1 aromatic rings. The van der Waals surface area contributed by atoms with Crippen molar-refractivity contribution in [3.8, 4) is 0 Å². The Hall–Kier alpha value is -1.14. The van der Waals surface area contributed by atoms with E-state index in [0.29, 0.717) is 6.61 Å². The maximum atomic E-state index is 4.99. The number of ether oxygens (including phenoxy) is 1. The first kappa shape index (κ1) is 15.9. The normalized spacial score (nSPS) is 11.7. The molecule has 0 amide bonds. The maximum absolute atomic E-state index is 4.99. The van der Waals surface area contributed by atoms with Gasteiger partial charge < -0.3 is 15.4 Å². The molecular weight excluding hydrogens is 260 g/mol. The number of nitrogens with zero attached hydrogens (tertiary/aromatic N) is 2. The molecule has 0 saturated carbocycles. The molecule has 0 fully saturated rings. The van der Waals surface area contributed by atoms with Crippen molar-refractivity contribution in [2.24, 2.45) is 4.99 Å². The van der Waals surface area contributed by atoms with Crippen LogP contribution in [0.1, 0.15) is 22.5 Å². The summed E-state index contributed by atoms with van der Waals surface area (Å²) in [6.07, 6.45) is 1.94. The molecule has 2 N–H and O–H groups in total. The van der Waals surface area contributed by atoms with Crippen LogP contribution in [0.15, 0.2) is 4.99 Å². The molecule has 0 aliphatic heterocycles. The lowest BCUT2D eigenvalue weighted by atomic mass is 10.3. The molecule has 1 rings (SSSR count). The van der Waals surface area contributed by atoms with E-state index in [2.05, 4.69) is 34.5 Å². The maximum Gasteiger partial charge on any atom is 0.191 e. The van der Waals surface area contributed by atoms with Gasteiger partial charge >= 0.3 is 0 Å². The fourth-order valence-corrected chi connectivity index (χ4v) is 2.72. The van der Waals surface area contributed by atoms with Crippen LogP contribution in [0.5, 0.6) is 0 Å². The minimum Gasteiger partial charge on any atom is -0.383 e. The number of nitrogens with one attached hydrogen (secondary N) is 2. The SMILES string of the molecule is CCc1nc(CCNC(=NC)NCCOC)sc1C. The van der Waals surface area contributed by atoms with Crippen LogP contribution in [-0.4, -0.2) is 44.8 Å². The fourth-order valence-electron chi connectivity index (χ4n) is 1.70. The predicted molar refractivity (Wildman–Crippen MR) is 81.2 cm³/mol. The van der Waals surface area contributed by atoms with E-state index in [1.54, 1.807) is 25.5 Å². The molecular formula is C13H24N4OS. The van der Waals surface area contributed by atoms with Crippen LogP contribution in [0.4, 0.5) is 0 Å². The summed E-state index contributed by atoms with van der Waals surface area (Å²) in [5, 5.41) is 7.64. The van der Waals surface area contributed by atoms with E-state index in [9.17, 15) is 0 Å². The van der Waals surface area contributed by atoms with Gasteiger partial charge in [0.25, 0.3) is 0 Å². The highest BCUT2D eigenvalue weighted by Crippen LogP contribution is 2.17. The Labute approximate surface area is 119 Å². The highest BCUT2D eigenvalue weighted by molar-refractivity contribution is 7.11. The monoisotopic (exact) mass is 284 g/mol. The largest absolute Gasteiger partial charge is 0.383 e. The van der Waals surface area contributed by atoms with Crippen molar-refractivity contribution in [2.45, 2.75) is 26.7 Å². The van der Waals surface area contributed by atoms with Crippen LogP contribution in [0.25, 0.3) is 0 Å². The average Bonchev–Trinajstić information content (AvgIpc) is 2.77. The van der Waals surface area contributed by atoms with Crippen LogP contribution in [0, 0.1) is 6.92 Å². The van der Waals surface area contributed by atoms with Crippen LogP contribution in [0.2, 0.25) is 0 Å². The van der Waals surface area contributed by atoms with E-state index < -0.39 is 0 Å². The number of guanidine groups is 1. The Kier molecular flexibility index (Phi) is 7.43. The Morgan fingerprint density at radius 2 is 2.11 bits per heavy atom. The van der Waals surface area contributed by atoms with Crippen molar-refractivity contribution in [3.05, 3.63) is 15.6 Å². The summed E-state index contributed by atoms with van der Waals surface area (Å²) in [4.78, 5) is 10.1. The first-order valence-electron chi connectivity index (χ1n) is 6.59. The molecule has 1 heterocycles. The number of thiazole rings is 1. The highest BCUT2D eigenvalue weighted by Gasteiger charge is 2.05. The number of hydrogen-bond acceptors (Lipinski definition) is 4. The molecule has 0 spiro atoms. The van der Waals surface area contributed by atoms with E-state index >= 15 is 0 Å². The summed E-state index contributed by atoms with van der Waals surface area (Å²) in [6, 6.07) is 0. The Morgan fingerprint density at radius 3 is 2.68 bits per heavy atom. The molecule has 5 nitrogen and oxygen atoms in total. The summed E-state index contributed by atoms with van der Waals surface area (Å²) in [5.41, 5.74) is 1.22. The Balaban J connectivity index is 2.31. The van der Waals surface area contributed by atoms with E-state index in [1.165, 1.54) is 15.6 Å². The number of aromatic nitrogens is 1. The smallest absolute Gasteiger partial charge is 0.191 e. The minimum absolute atomic E-state index is 0.673. The van der Waals surface area contributed by atoms with Crippen LogP contribution in [-0.2, 0) is 17.6 Å². The molecule has 0 saturated heterocycles. The molecule has 0 aromatic carbocycles. The third-order valence-electron chi connectivity index (χ3n) is 2.73. The van der Waals surface area contributed by atoms with Crippen LogP contribution < -0.4 is 10.6 Å². The Morgan fingerprint density at radius 1 is 1.37 bits per heavy atom. The van der Waals surface area contributed by atoms with Gasteiger partial charge in [-0.05, 0) is 13.3 Å². The zero-order chi connectivity index (χ0) is 14.1. The van der Waals surface area contributed by atoms with Gasteiger partial charge in [-0.1, -0.05) is 6.92 Å². The summed E-state index contributed by atoms with van der Waals surface area (Å²) < 4.78 is 4.99. The minimum atomic E-state index is 0.673. The fraction of sp³-hybridized carbons (Fsp3) is 0.692. The predicted octanol–water partition coefficient (Wildman–Crippen LogP) is 1.37. The Bertz CT molecular complexity index is 403. The van der Waals surface area contributed by atoms with Gasteiger partial charge in [-0.2, -0.15) is 0 Å². The van der Waals surface area contributed by atoms with Gasteiger partial charge in [-0.15, -0.1) is 11.3 Å². The molecule has 19 heavy (non-hydrogen) atoms. The molecule has 0 bridgehead atoms. The number of methoxy groups -OCH3 is 1. The van der Waals surface area contributed by atoms with Crippen molar-refractivity contribution in [2.75, 3.05) is 33.9 Å². The summed E-state index contributed by atoms with van der Waals surface area (Å²) >= 11 is 1.79. The van der Waals surface area contributed by atoms with Gasteiger partial charge in [0.05, 0.1) is 17.3 Å². The van der Waals surface area contributed by atoms with Crippen LogP contribution in [0.3, 0.4) is 0 Å². The van der Waals surface area contributed by atoms with Crippen molar-refractivity contribution < 1.29 is 4.74 Å². The topological polar surface area (TPSA) is 58.5 Å². The molecule has 6 heteroatoms. The van der Waals surface area contributed by atoms with Gasteiger partial charge in [-0.25, -0.2) is 4.98 Å². The van der Waals surface area contributed by atoms with Gasteiger partial charge in [-0.3, -0.25) is 4.99 Å². The third kappa shape index (κ3) is 5.57. The second kappa shape index (κ2) is 8.87.